The highest BCUT2D eigenvalue weighted by atomic mass is 35.5. The van der Waals surface area contributed by atoms with Gasteiger partial charge in [0.1, 0.15) is 0 Å². The molecule has 21 heavy (non-hydrogen) atoms. The SMILES string of the molecule is CC(C)C1CCCN(Cc2nc(C(C)(C)N)no2)CC1.Cl. The highest BCUT2D eigenvalue weighted by molar-refractivity contribution is 5.85. The van der Waals surface area contributed by atoms with E-state index in [1.54, 1.807) is 0 Å². The van der Waals surface area contributed by atoms with E-state index in [1.807, 2.05) is 13.8 Å². The van der Waals surface area contributed by atoms with Crippen LogP contribution in [0.1, 0.15) is 58.7 Å². The Balaban J connectivity index is 0.00000220. The molecule has 1 saturated heterocycles. The summed E-state index contributed by atoms with van der Waals surface area (Å²) in [6.45, 7) is 11.4. The monoisotopic (exact) mass is 316 g/mol. The maximum absolute atomic E-state index is 5.98. The van der Waals surface area contributed by atoms with Crippen molar-refractivity contribution in [3.05, 3.63) is 11.7 Å². The molecule has 2 heterocycles. The zero-order valence-corrected chi connectivity index (χ0v) is 14.4. The number of nitrogens with two attached hydrogens (primary N) is 1. The van der Waals surface area contributed by atoms with Crippen LogP contribution in [0.5, 0.6) is 0 Å². The molecular weight excluding hydrogens is 288 g/mol. The van der Waals surface area contributed by atoms with Gasteiger partial charge in [-0.15, -0.1) is 12.4 Å². The van der Waals surface area contributed by atoms with Crippen molar-refractivity contribution in [1.29, 1.82) is 0 Å². The summed E-state index contributed by atoms with van der Waals surface area (Å²) in [5.41, 5.74) is 5.44. The lowest BCUT2D eigenvalue weighted by molar-refractivity contribution is 0.227. The predicted octanol–water partition coefficient (Wildman–Crippen LogP) is 2.94. The van der Waals surface area contributed by atoms with Crippen LogP contribution in [0.15, 0.2) is 4.52 Å². The van der Waals surface area contributed by atoms with Gasteiger partial charge in [0.15, 0.2) is 5.82 Å². The molecule has 0 aromatic carbocycles. The molecule has 1 aliphatic heterocycles. The van der Waals surface area contributed by atoms with Gasteiger partial charge in [0.2, 0.25) is 5.89 Å². The molecule has 5 nitrogen and oxygen atoms in total. The highest BCUT2D eigenvalue weighted by Gasteiger charge is 2.24. The molecule has 1 atom stereocenters. The Bertz CT molecular complexity index is 428. The zero-order valence-electron chi connectivity index (χ0n) is 13.6. The van der Waals surface area contributed by atoms with Crippen LogP contribution >= 0.6 is 12.4 Å². The minimum atomic E-state index is -0.538. The molecule has 1 aliphatic rings. The maximum Gasteiger partial charge on any atom is 0.240 e. The summed E-state index contributed by atoms with van der Waals surface area (Å²) >= 11 is 0. The molecule has 0 radical (unpaired) electrons. The fourth-order valence-electron chi connectivity index (χ4n) is 2.78. The predicted molar refractivity (Wildman–Crippen MR) is 86.2 cm³/mol. The standard InChI is InChI=1S/C15H28N4O.ClH/c1-11(2)12-6-5-8-19(9-7-12)10-13-17-14(18-20-13)15(3,4)16;/h11-12H,5-10,16H2,1-4H3;1H. The van der Waals surface area contributed by atoms with Gasteiger partial charge < -0.3 is 10.3 Å². The fraction of sp³-hybridized carbons (Fsp3) is 0.867. The largest absolute Gasteiger partial charge is 0.338 e. The average molecular weight is 317 g/mol. The van der Waals surface area contributed by atoms with Crippen molar-refractivity contribution < 1.29 is 4.52 Å². The number of aromatic nitrogens is 2. The molecular formula is C15H29ClN4O. The summed E-state index contributed by atoms with van der Waals surface area (Å²) in [4.78, 5) is 6.84. The third kappa shape index (κ3) is 5.24. The Hall–Kier alpha value is -0.650. The van der Waals surface area contributed by atoms with Gasteiger partial charge in [-0.3, -0.25) is 4.90 Å². The number of rotatable bonds is 4. The summed E-state index contributed by atoms with van der Waals surface area (Å²) in [5, 5.41) is 3.98. The summed E-state index contributed by atoms with van der Waals surface area (Å²) in [6, 6.07) is 0. The second-order valence-corrected chi connectivity index (χ2v) is 6.94. The number of likely N-dealkylation sites (tertiary alicyclic amines) is 1. The highest BCUT2D eigenvalue weighted by Crippen LogP contribution is 2.25. The molecule has 1 aromatic heterocycles. The van der Waals surface area contributed by atoms with Crippen LogP contribution in [-0.4, -0.2) is 28.1 Å². The molecule has 6 heteroatoms. The van der Waals surface area contributed by atoms with Crippen LogP contribution in [0, 0.1) is 11.8 Å². The summed E-state index contributed by atoms with van der Waals surface area (Å²) < 4.78 is 5.33. The van der Waals surface area contributed by atoms with Gasteiger partial charge in [-0.1, -0.05) is 19.0 Å². The fourth-order valence-corrected chi connectivity index (χ4v) is 2.78. The molecule has 1 fully saturated rings. The number of nitrogens with zero attached hydrogens (tertiary/aromatic N) is 3. The first-order valence-corrected chi connectivity index (χ1v) is 7.70. The Kier molecular flexibility index (Phi) is 6.63. The second-order valence-electron chi connectivity index (χ2n) is 6.94. The van der Waals surface area contributed by atoms with Crippen molar-refractivity contribution in [2.24, 2.45) is 17.6 Å². The minimum absolute atomic E-state index is 0. The van der Waals surface area contributed by atoms with E-state index in [0.717, 1.165) is 31.5 Å². The summed E-state index contributed by atoms with van der Waals surface area (Å²) in [5.74, 6) is 2.90. The summed E-state index contributed by atoms with van der Waals surface area (Å²) in [7, 11) is 0. The van der Waals surface area contributed by atoms with Crippen LogP contribution in [0.25, 0.3) is 0 Å². The van der Waals surface area contributed by atoms with Crippen LogP contribution in [0.3, 0.4) is 0 Å². The van der Waals surface area contributed by atoms with Crippen molar-refractivity contribution in [1.82, 2.24) is 15.0 Å². The molecule has 0 saturated carbocycles. The Morgan fingerprint density at radius 3 is 2.62 bits per heavy atom. The third-order valence-electron chi connectivity index (χ3n) is 4.21. The zero-order chi connectivity index (χ0) is 14.8. The van der Waals surface area contributed by atoms with E-state index < -0.39 is 5.54 Å². The van der Waals surface area contributed by atoms with Crippen molar-refractivity contribution in [2.75, 3.05) is 13.1 Å². The Morgan fingerprint density at radius 1 is 1.33 bits per heavy atom. The first-order chi connectivity index (χ1) is 9.36. The van der Waals surface area contributed by atoms with Crippen LogP contribution in [-0.2, 0) is 12.1 Å². The normalized spacial score (nSPS) is 21.1. The topological polar surface area (TPSA) is 68.2 Å². The van der Waals surface area contributed by atoms with Crippen molar-refractivity contribution in [3.8, 4) is 0 Å². The first-order valence-electron chi connectivity index (χ1n) is 7.70. The van der Waals surface area contributed by atoms with Gasteiger partial charge in [0.05, 0.1) is 12.1 Å². The van der Waals surface area contributed by atoms with Gasteiger partial charge >= 0.3 is 0 Å². The Morgan fingerprint density at radius 2 is 2.05 bits per heavy atom. The van der Waals surface area contributed by atoms with Gasteiger partial charge in [0, 0.05) is 0 Å². The van der Waals surface area contributed by atoms with E-state index in [0.29, 0.717) is 11.7 Å². The van der Waals surface area contributed by atoms with Crippen LogP contribution < -0.4 is 5.73 Å². The van der Waals surface area contributed by atoms with E-state index in [-0.39, 0.29) is 12.4 Å². The van der Waals surface area contributed by atoms with Crippen LogP contribution in [0.4, 0.5) is 0 Å². The lowest BCUT2D eigenvalue weighted by Crippen LogP contribution is -2.30. The second kappa shape index (κ2) is 7.56. The number of hydrogen-bond acceptors (Lipinski definition) is 5. The third-order valence-corrected chi connectivity index (χ3v) is 4.21. The molecule has 122 valence electrons. The molecule has 2 N–H and O–H groups in total. The number of halogens is 1. The smallest absolute Gasteiger partial charge is 0.240 e. The molecule has 1 unspecified atom stereocenters. The molecule has 0 bridgehead atoms. The number of hydrogen-bond donors (Lipinski definition) is 1. The van der Waals surface area contributed by atoms with E-state index in [4.69, 9.17) is 10.3 Å². The van der Waals surface area contributed by atoms with E-state index in [2.05, 4.69) is 28.9 Å². The van der Waals surface area contributed by atoms with Crippen molar-refractivity contribution in [2.45, 2.75) is 59.0 Å². The molecule has 0 amide bonds. The van der Waals surface area contributed by atoms with Gasteiger partial charge in [-0.2, -0.15) is 4.98 Å². The van der Waals surface area contributed by atoms with Gasteiger partial charge in [-0.05, 0) is 58.0 Å². The van der Waals surface area contributed by atoms with Crippen molar-refractivity contribution >= 4 is 12.4 Å². The van der Waals surface area contributed by atoms with Gasteiger partial charge in [-0.25, -0.2) is 0 Å². The molecule has 2 rings (SSSR count). The average Bonchev–Trinajstić information content (AvgIpc) is 2.68. The lowest BCUT2D eigenvalue weighted by atomic mass is 9.89. The lowest BCUT2D eigenvalue weighted by Gasteiger charge is -2.19. The minimum Gasteiger partial charge on any atom is -0.338 e. The molecule has 1 aromatic rings. The van der Waals surface area contributed by atoms with E-state index in [1.165, 1.54) is 19.3 Å². The van der Waals surface area contributed by atoms with Crippen molar-refractivity contribution in [3.63, 3.8) is 0 Å². The van der Waals surface area contributed by atoms with Gasteiger partial charge in [0.25, 0.3) is 0 Å². The Labute approximate surface area is 134 Å². The first kappa shape index (κ1) is 18.4. The van der Waals surface area contributed by atoms with E-state index >= 15 is 0 Å². The summed E-state index contributed by atoms with van der Waals surface area (Å²) in [6.07, 6.45) is 3.85. The van der Waals surface area contributed by atoms with E-state index in [9.17, 15) is 0 Å². The van der Waals surface area contributed by atoms with Crippen LogP contribution in [0.2, 0.25) is 0 Å². The molecule has 0 spiro atoms. The molecule has 0 aliphatic carbocycles. The quantitative estimate of drug-likeness (QED) is 0.925. The maximum atomic E-state index is 5.98.